The van der Waals surface area contributed by atoms with Gasteiger partial charge in [0.05, 0.1) is 0 Å². The lowest BCUT2D eigenvalue weighted by Gasteiger charge is -2.09. The molecule has 1 rings (SSSR count). The predicted octanol–water partition coefficient (Wildman–Crippen LogP) is 3.78. The van der Waals surface area contributed by atoms with Crippen molar-refractivity contribution < 1.29 is 0 Å². The fourth-order valence-electron chi connectivity index (χ4n) is 2.19. The molecule has 0 nitrogen and oxygen atoms in total. The van der Waals surface area contributed by atoms with Crippen LogP contribution in [0.5, 0.6) is 0 Å². The lowest BCUT2D eigenvalue weighted by atomic mass is 9.97. The average molecular weight is 152 g/mol. The quantitative estimate of drug-likeness (QED) is 0.540. The normalized spacial score (nSPS) is 30.7. The van der Waals surface area contributed by atoms with Crippen LogP contribution in [0.15, 0.2) is 12.2 Å². The minimum absolute atomic E-state index is 0.853. The van der Waals surface area contributed by atoms with Crippen molar-refractivity contribution in [2.45, 2.75) is 46.0 Å². The minimum atomic E-state index is 0.853. The standard InChI is InChI=1S/C11H20/c1-4-5-10-6-7-11(8-10)9(2)3/h10-11H,2,4-8H2,1,3H3. The van der Waals surface area contributed by atoms with E-state index in [0.29, 0.717) is 0 Å². The Balaban J connectivity index is 2.29. The molecule has 0 spiro atoms. The van der Waals surface area contributed by atoms with Crippen LogP contribution in [-0.4, -0.2) is 0 Å². The predicted molar refractivity (Wildman–Crippen MR) is 50.6 cm³/mol. The van der Waals surface area contributed by atoms with Gasteiger partial charge in [0.2, 0.25) is 0 Å². The molecule has 1 fully saturated rings. The van der Waals surface area contributed by atoms with Crippen molar-refractivity contribution in [2.75, 3.05) is 0 Å². The van der Waals surface area contributed by atoms with Crippen LogP contribution in [0.4, 0.5) is 0 Å². The molecular formula is C11H20. The highest BCUT2D eigenvalue weighted by molar-refractivity contribution is 4.99. The van der Waals surface area contributed by atoms with E-state index in [-0.39, 0.29) is 0 Å². The molecule has 0 amide bonds. The lowest BCUT2D eigenvalue weighted by Crippen LogP contribution is -1.96. The van der Waals surface area contributed by atoms with E-state index in [9.17, 15) is 0 Å². The maximum absolute atomic E-state index is 4.03. The largest absolute Gasteiger partial charge is 0.0999 e. The second kappa shape index (κ2) is 3.94. The molecule has 0 heterocycles. The molecule has 0 saturated heterocycles. The summed E-state index contributed by atoms with van der Waals surface area (Å²) < 4.78 is 0. The van der Waals surface area contributed by atoms with Crippen molar-refractivity contribution in [1.82, 2.24) is 0 Å². The Bertz CT molecular complexity index is 135. The Morgan fingerprint density at radius 3 is 2.64 bits per heavy atom. The van der Waals surface area contributed by atoms with Gasteiger partial charge in [0.25, 0.3) is 0 Å². The summed E-state index contributed by atoms with van der Waals surface area (Å²) in [4.78, 5) is 0. The number of allylic oxidation sites excluding steroid dienone is 1. The Hall–Kier alpha value is -0.260. The van der Waals surface area contributed by atoms with E-state index >= 15 is 0 Å². The van der Waals surface area contributed by atoms with Gasteiger partial charge in [0, 0.05) is 0 Å². The third-order valence-corrected chi connectivity index (χ3v) is 2.94. The van der Waals surface area contributed by atoms with Crippen molar-refractivity contribution in [3.05, 3.63) is 12.2 Å². The fraction of sp³-hybridized carbons (Fsp3) is 0.818. The van der Waals surface area contributed by atoms with Gasteiger partial charge in [-0.1, -0.05) is 31.9 Å². The van der Waals surface area contributed by atoms with Gasteiger partial charge in [0.1, 0.15) is 0 Å². The first-order valence-corrected chi connectivity index (χ1v) is 4.89. The Morgan fingerprint density at radius 1 is 1.45 bits per heavy atom. The van der Waals surface area contributed by atoms with Gasteiger partial charge in [-0.25, -0.2) is 0 Å². The highest BCUT2D eigenvalue weighted by atomic mass is 14.3. The summed E-state index contributed by atoms with van der Waals surface area (Å²) in [5.74, 6) is 1.87. The van der Waals surface area contributed by atoms with E-state index < -0.39 is 0 Å². The zero-order chi connectivity index (χ0) is 8.27. The van der Waals surface area contributed by atoms with Crippen molar-refractivity contribution in [1.29, 1.82) is 0 Å². The summed E-state index contributed by atoms with van der Waals surface area (Å²) in [6.45, 7) is 8.50. The topological polar surface area (TPSA) is 0 Å². The van der Waals surface area contributed by atoms with Crippen molar-refractivity contribution in [3.8, 4) is 0 Å². The first-order valence-electron chi connectivity index (χ1n) is 4.89. The van der Waals surface area contributed by atoms with E-state index in [1.54, 1.807) is 0 Å². The zero-order valence-corrected chi connectivity index (χ0v) is 7.90. The van der Waals surface area contributed by atoms with E-state index in [1.807, 2.05) is 0 Å². The van der Waals surface area contributed by atoms with E-state index in [2.05, 4.69) is 20.4 Å². The van der Waals surface area contributed by atoms with E-state index in [1.165, 1.54) is 37.7 Å². The summed E-state index contributed by atoms with van der Waals surface area (Å²) in [5.41, 5.74) is 1.41. The molecule has 1 aliphatic carbocycles. The molecule has 64 valence electrons. The van der Waals surface area contributed by atoms with Crippen LogP contribution in [-0.2, 0) is 0 Å². The highest BCUT2D eigenvalue weighted by Crippen LogP contribution is 2.36. The molecule has 0 radical (unpaired) electrons. The van der Waals surface area contributed by atoms with Crippen LogP contribution in [0.3, 0.4) is 0 Å². The van der Waals surface area contributed by atoms with Crippen LogP contribution in [0.1, 0.15) is 46.0 Å². The fourth-order valence-corrected chi connectivity index (χ4v) is 2.19. The van der Waals surface area contributed by atoms with Crippen molar-refractivity contribution >= 4 is 0 Å². The molecule has 11 heavy (non-hydrogen) atoms. The first-order chi connectivity index (χ1) is 5.24. The summed E-state index contributed by atoms with van der Waals surface area (Å²) in [7, 11) is 0. The molecular weight excluding hydrogens is 132 g/mol. The molecule has 0 heteroatoms. The number of hydrogen-bond acceptors (Lipinski definition) is 0. The molecule has 0 N–H and O–H groups in total. The Labute approximate surface area is 70.7 Å². The monoisotopic (exact) mass is 152 g/mol. The molecule has 0 bridgehead atoms. The molecule has 2 atom stereocenters. The maximum Gasteiger partial charge on any atom is -0.0206 e. The molecule has 0 aromatic rings. The highest BCUT2D eigenvalue weighted by Gasteiger charge is 2.23. The second-order valence-corrected chi connectivity index (χ2v) is 4.01. The smallest absolute Gasteiger partial charge is 0.0206 e. The van der Waals surface area contributed by atoms with Crippen LogP contribution < -0.4 is 0 Å². The molecule has 1 aliphatic rings. The summed E-state index contributed by atoms with van der Waals surface area (Å²) in [6.07, 6.45) is 7.06. The zero-order valence-electron chi connectivity index (χ0n) is 7.90. The van der Waals surface area contributed by atoms with Crippen LogP contribution >= 0.6 is 0 Å². The molecule has 1 saturated carbocycles. The average Bonchev–Trinajstić information content (AvgIpc) is 2.37. The summed E-state index contributed by atoms with van der Waals surface area (Å²) in [6, 6.07) is 0. The van der Waals surface area contributed by atoms with Gasteiger partial charge >= 0.3 is 0 Å². The van der Waals surface area contributed by atoms with Crippen molar-refractivity contribution in [2.24, 2.45) is 11.8 Å². The molecule has 0 aromatic carbocycles. The van der Waals surface area contributed by atoms with Crippen molar-refractivity contribution in [3.63, 3.8) is 0 Å². The van der Waals surface area contributed by atoms with Gasteiger partial charge < -0.3 is 0 Å². The van der Waals surface area contributed by atoms with Crippen LogP contribution in [0, 0.1) is 11.8 Å². The summed E-state index contributed by atoms with van der Waals surface area (Å²) >= 11 is 0. The van der Waals surface area contributed by atoms with Crippen LogP contribution in [0.25, 0.3) is 0 Å². The third-order valence-electron chi connectivity index (χ3n) is 2.94. The molecule has 2 unspecified atom stereocenters. The first kappa shape index (κ1) is 8.83. The third kappa shape index (κ3) is 2.36. The Kier molecular flexibility index (Phi) is 3.16. The number of hydrogen-bond donors (Lipinski definition) is 0. The number of rotatable bonds is 3. The van der Waals surface area contributed by atoms with Crippen LogP contribution in [0.2, 0.25) is 0 Å². The van der Waals surface area contributed by atoms with Gasteiger partial charge in [0.15, 0.2) is 0 Å². The van der Waals surface area contributed by atoms with Gasteiger partial charge in [-0.3, -0.25) is 0 Å². The van der Waals surface area contributed by atoms with Gasteiger partial charge in [-0.15, -0.1) is 0 Å². The lowest BCUT2D eigenvalue weighted by molar-refractivity contribution is 0.480. The SMILES string of the molecule is C=C(C)C1CCC(CCC)C1. The van der Waals surface area contributed by atoms with E-state index in [0.717, 1.165) is 11.8 Å². The molecule has 0 aliphatic heterocycles. The van der Waals surface area contributed by atoms with E-state index in [4.69, 9.17) is 0 Å². The van der Waals surface area contributed by atoms with Gasteiger partial charge in [-0.2, -0.15) is 0 Å². The second-order valence-electron chi connectivity index (χ2n) is 4.01. The summed E-state index contributed by atoms with van der Waals surface area (Å²) in [5, 5.41) is 0. The van der Waals surface area contributed by atoms with Gasteiger partial charge in [-0.05, 0) is 38.0 Å². The maximum atomic E-state index is 4.03. The molecule has 0 aromatic heterocycles. The Morgan fingerprint density at radius 2 is 2.18 bits per heavy atom. The minimum Gasteiger partial charge on any atom is -0.0999 e.